The number of pyridine rings is 1. The fraction of sp³-hybridized carbons (Fsp3) is 0.400. The summed E-state index contributed by atoms with van der Waals surface area (Å²) in [6, 6.07) is 10.7. The van der Waals surface area contributed by atoms with E-state index in [1.807, 2.05) is 18.2 Å². The lowest BCUT2D eigenvalue weighted by molar-refractivity contribution is 0.204. The van der Waals surface area contributed by atoms with Crippen LogP contribution in [-0.2, 0) is 11.3 Å². The largest absolute Gasteiger partial charge is 0.383 e. The third-order valence-electron chi connectivity index (χ3n) is 4.65. The number of benzene rings is 1. The normalized spacial score (nSPS) is 14.5. The molecule has 0 radical (unpaired) electrons. The molecule has 1 aliphatic rings. The molecule has 0 spiro atoms. The zero-order valence-electron chi connectivity index (χ0n) is 16.6. The number of anilines is 2. The van der Waals surface area contributed by atoms with Gasteiger partial charge in [0.25, 0.3) is 0 Å². The summed E-state index contributed by atoms with van der Waals surface area (Å²) in [6.07, 6.45) is 1.81. The number of nitrogens with zero attached hydrogens (tertiary/aromatic N) is 4. The predicted molar refractivity (Wildman–Crippen MR) is 126 cm³/mol. The Hall–Kier alpha value is -2.14. The van der Waals surface area contributed by atoms with Crippen molar-refractivity contribution in [1.29, 1.82) is 0 Å². The Morgan fingerprint density at radius 1 is 1.17 bits per heavy atom. The van der Waals surface area contributed by atoms with E-state index >= 15 is 0 Å². The van der Waals surface area contributed by atoms with Gasteiger partial charge in [-0.15, -0.1) is 24.0 Å². The number of hydrogen-bond donors (Lipinski definition) is 2. The van der Waals surface area contributed by atoms with E-state index in [0.717, 1.165) is 43.2 Å². The second-order valence-electron chi connectivity index (χ2n) is 6.59. The van der Waals surface area contributed by atoms with E-state index in [4.69, 9.17) is 10.5 Å². The van der Waals surface area contributed by atoms with Crippen LogP contribution >= 0.6 is 24.0 Å². The van der Waals surface area contributed by atoms with Crippen LogP contribution < -0.4 is 20.9 Å². The maximum atomic E-state index is 13.1. The van der Waals surface area contributed by atoms with Crippen LogP contribution in [0.15, 0.2) is 47.6 Å². The van der Waals surface area contributed by atoms with Crippen LogP contribution in [0.1, 0.15) is 5.56 Å². The Morgan fingerprint density at radius 2 is 1.86 bits per heavy atom. The van der Waals surface area contributed by atoms with Crippen LogP contribution in [0.3, 0.4) is 0 Å². The van der Waals surface area contributed by atoms with Crippen LogP contribution in [0.2, 0.25) is 0 Å². The number of nitrogens with one attached hydrogen (secondary N) is 1. The highest BCUT2D eigenvalue weighted by molar-refractivity contribution is 14.0. The average Bonchev–Trinajstić information content (AvgIpc) is 2.73. The number of halogens is 2. The van der Waals surface area contributed by atoms with E-state index in [2.05, 4.69) is 31.2 Å². The minimum atomic E-state index is -0.208. The fourth-order valence-electron chi connectivity index (χ4n) is 3.09. The van der Waals surface area contributed by atoms with Crippen molar-refractivity contribution in [3.63, 3.8) is 0 Å². The second kappa shape index (κ2) is 11.8. The minimum absolute atomic E-state index is 0. The van der Waals surface area contributed by atoms with E-state index in [0.29, 0.717) is 25.7 Å². The molecule has 0 atom stereocenters. The number of ether oxygens (including phenoxy) is 1. The number of piperazine rings is 1. The number of guanidine groups is 1. The molecule has 2 aromatic rings. The van der Waals surface area contributed by atoms with Crippen LogP contribution in [-0.4, -0.2) is 57.4 Å². The highest BCUT2D eigenvalue weighted by Crippen LogP contribution is 2.20. The molecule has 0 unspecified atom stereocenters. The van der Waals surface area contributed by atoms with E-state index in [1.165, 1.54) is 12.1 Å². The lowest BCUT2D eigenvalue weighted by Crippen LogP contribution is -2.46. The topological polar surface area (TPSA) is 79.0 Å². The molecular weight excluding hydrogens is 486 g/mol. The Balaban J connectivity index is 0.00000300. The molecular formula is C20H28FIN6O. The van der Waals surface area contributed by atoms with Crippen molar-refractivity contribution in [1.82, 2.24) is 10.3 Å². The van der Waals surface area contributed by atoms with Gasteiger partial charge in [0.05, 0.1) is 13.2 Å². The molecule has 0 amide bonds. The summed E-state index contributed by atoms with van der Waals surface area (Å²) in [7, 11) is 1.65. The quantitative estimate of drug-likeness (QED) is 0.256. The van der Waals surface area contributed by atoms with Gasteiger partial charge in [-0.25, -0.2) is 14.4 Å². The van der Waals surface area contributed by atoms with Crippen molar-refractivity contribution in [2.24, 2.45) is 10.7 Å². The maximum Gasteiger partial charge on any atom is 0.188 e. The number of methoxy groups -OCH3 is 1. The third kappa shape index (κ3) is 7.00. The Morgan fingerprint density at radius 3 is 2.55 bits per heavy atom. The van der Waals surface area contributed by atoms with Crippen molar-refractivity contribution in [2.75, 3.05) is 56.2 Å². The lowest BCUT2D eigenvalue weighted by Gasteiger charge is -2.36. The van der Waals surface area contributed by atoms with Crippen LogP contribution in [0.25, 0.3) is 0 Å². The van der Waals surface area contributed by atoms with Crippen LogP contribution in [0.4, 0.5) is 15.9 Å². The SMILES string of the molecule is COCCNC(N)=NCc1ccnc(N2CCN(c3ccc(F)cc3)CC2)c1.I. The fourth-order valence-corrected chi connectivity index (χ4v) is 3.09. The van der Waals surface area contributed by atoms with Gasteiger partial charge in [0, 0.05) is 51.7 Å². The molecule has 3 N–H and O–H groups in total. The van der Waals surface area contributed by atoms with Gasteiger partial charge in [0.2, 0.25) is 0 Å². The van der Waals surface area contributed by atoms with Gasteiger partial charge in [-0.2, -0.15) is 0 Å². The summed E-state index contributed by atoms with van der Waals surface area (Å²) in [5, 5.41) is 3.00. The zero-order valence-corrected chi connectivity index (χ0v) is 18.9. The first-order chi connectivity index (χ1) is 13.7. The molecule has 1 fully saturated rings. The van der Waals surface area contributed by atoms with Gasteiger partial charge in [-0.1, -0.05) is 0 Å². The molecule has 2 heterocycles. The molecule has 3 rings (SSSR count). The van der Waals surface area contributed by atoms with Crippen molar-refractivity contribution >= 4 is 41.4 Å². The summed E-state index contributed by atoms with van der Waals surface area (Å²) in [6.45, 7) is 5.16. The average molecular weight is 514 g/mol. The highest BCUT2D eigenvalue weighted by atomic mass is 127. The zero-order chi connectivity index (χ0) is 19.8. The number of aromatic nitrogens is 1. The monoisotopic (exact) mass is 514 g/mol. The first-order valence-corrected chi connectivity index (χ1v) is 9.39. The van der Waals surface area contributed by atoms with Gasteiger partial charge in [-0.05, 0) is 42.0 Å². The molecule has 29 heavy (non-hydrogen) atoms. The Kier molecular flexibility index (Phi) is 9.39. The van der Waals surface area contributed by atoms with E-state index in [-0.39, 0.29) is 29.8 Å². The number of aliphatic imine (C=N–C) groups is 1. The molecule has 0 saturated carbocycles. The lowest BCUT2D eigenvalue weighted by atomic mass is 10.2. The van der Waals surface area contributed by atoms with Crippen LogP contribution in [0.5, 0.6) is 0 Å². The molecule has 158 valence electrons. The summed E-state index contributed by atoms with van der Waals surface area (Å²) >= 11 is 0. The number of nitrogens with two attached hydrogens (primary N) is 1. The van der Waals surface area contributed by atoms with Crippen molar-refractivity contribution in [3.8, 4) is 0 Å². The number of rotatable bonds is 7. The molecule has 7 nitrogen and oxygen atoms in total. The Bertz CT molecular complexity index is 781. The standard InChI is InChI=1S/C20H27FN6O.HI/c1-28-13-8-24-20(22)25-15-16-6-7-23-19(14-16)27-11-9-26(10-12-27)18-4-2-17(21)3-5-18;/h2-7,14H,8-13,15H2,1H3,(H3,22,24,25);1H. The molecule has 1 aromatic heterocycles. The molecule has 0 aliphatic carbocycles. The van der Waals surface area contributed by atoms with Crippen molar-refractivity contribution in [2.45, 2.75) is 6.54 Å². The van der Waals surface area contributed by atoms with Gasteiger partial charge < -0.3 is 25.6 Å². The molecule has 1 aromatic carbocycles. The molecule has 1 saturated heterocycles. The first-order valence-electron chi connectivity index (χ1n) is 9.39. The summed E-state index contributed by atoms with van der Waals surface area (Å²) in [5.41, 5.74) is 7.96. The van der Waals surface area contributed by atoms with E-state index in [9.17, 15) is 4.39 Å². The van der Waals surface area contributed by atoms with E-state index < -0.39 is 0 Å². The first kappa shape index (κ1) is 23.1. The van der Waals surface area contributed by atoms with Gasteiger partial charge >= 0.3 is 0 Å². The van der Waals surface area contributed by atoms with Crippen LogP contribution in [0, 0.1) is 5.82 Å². The maximum absolute atomic E-state index is 13.1. The smallest absolute Gasteiger partial charge is 0.188 e. The summed E-state index contributed by atoms with van der Waals surface area (Å²) < 4.78 is 18.1. The second-order valence-corrected chi connectivity index (χ2v) is 6.59. The van der Waals surface area contributed by atoms with Gasteiger partial charge in [-0.3, -0.25) is 0 Å². The van der Waals surface area contributed by atoms with E-state index in [1.54, 1.807) is 13.3 Å². The molecule has 1 aliphatic heterocycles. The van der Waals surface area contributed by atoms with Crippen molar-refractivity contribution < 1.29 is 9.13 Å². The highest BCUT2D eigenvalue weighted by Gasteiger charge is 2.18. The summed E-state index contributed by atoms with van der Waals surface area (Å²) in [4.78, 5) is 13.4. The molecule has 9 heteroatoms. The van der Waals surface area contributed by atoms with Crippen molar-refractivity contribution in [3.05, 3.63) is 54.0 Å². The number of hydrogen-bond acceptors (Lipinski definition) is 5. The molecule has 0 bridgehead atoms. The van der Waals surface area contributed by atoms with Gasteiger partial charge in [0.1, 0.15) is 11.6 Å². The Labute approximate surface area is 188 Å². The predicted octanol–water partition coefficient (Wildman–Crippen LogP) is 2.22. The summed E-state index contributed by atoms with van der Waals surface area (Å²) in [5.74, 6) is 1.14. The minimum Gasteiger partial charge on any atom is -0.383 e. The third-order valence-corrected chi connectivity index (χ3v) is 4.65. The van der Waals surface area contributed by atoms with Gasteiger partial charge in [0.15, 0.2) is 5.96 Å².